The van der Waals surface area contributed by atoms with Gasteiger partial charge in [0.15, 0.2) is 0 Å². The molecule has 2 heterocycles. The second-order valence-electron chi connectivity index (χ2n) is 4.77. The standard InChI is InChI=1S/C13H13N3O2/c14-5-1-4-13(7-18-8-13)9-2-3-10-11(6-9)16-12(17)15-10/h2-3,6H,1,4,7-8H2,(H2,15,16,17). The summed E-state index contributed by atoms with van der Waals surface area (Å²) in [5.41, 5.74) is 2.49. The molecule has 92 valence electrons. The molecule has 3 rings (SSSR count). The third-order valence-corrected chi connectivity index (χ3v) is 3.60. The first-order valence-corrected chi connectivity index (χ1v) is 5.91. The van der Waals surface area contributed by atoms with Crippen molar-refractivity contribution in [2.24, 2.45) is 0 Å². The molecule has 0 saturated carbocycles. The van der Waals surface area contributed by atoms with Crippen molar-refractivity contribution >= 4 is 11.0 Å². The van der Waals surface area contributed by atoms with Gasteiger partial charge in [-0.2, -0.15) is 5.26 Å². The van der Waals surface area contributed by atoms with E-state index in [0.717, 1.165) is 23.0 Å². The van der Waals surface area contributed by atoms with Crippen molar-refractivity contribution in [2.75, 3.05) is 13.2 Å². The smallest absolute Gasteiger partial charge is 0.323 e. The number of H-pyrrole nitrogens is 2. The fraction of sp³-hybridized carbons (Fsp3) is 0.385. The molecule has 1 fully saturated rings. The normalized spacial score (nSPS) is 17.3. The summed E-state index contributed by atoms with van der Waals surface area (Å²) in [4.78, 5) is 16.7. The summed E-state index contributed by atoms with van der Waals surface area (Å²) in [5.74, 6) is 0. The van der Waals surface area contributed by atoms with Gasteiger partial charge in [0.05, 0.1) is 30.3 Å². The molecule has 0 spiro atoms. The first-order valence-electron chi connectivity index (χ1n) is 5.91. The van der Waals surface area contributed by atoms with Crippen LogP contribution < -0.4 is 5.69 Å². The van der Waals surface area contributed by atoms with E-state index in [4.69, 9.17) is 10.00 Å². The Morgan fingerprint density at radius 1 is 1.33 bits per heavy atom. The van der Waals surface area contributed by atoms with Crippen LogP contribution in [-0.2, 0) is 10.2 Å². The minimum Gasteiger partial charge on any atom is -0.379 e. The zero-order valence-corrected chi connectivity index (χ0v) is 9.82. The topological polar surface area (TPSA) is 81.7 Å². The number of imidazole rings is 1. The maximum atomic E-state index is 11.2. The summed E-state index contributed by atoms with van der Waals surface area (Å²) in [7, 11) is 0. The van der Waals surface area contributed by atoms with Crippen molar-refractivity contribution in [1.82, 2.24) is 9.97 Å². The lowest BCUT2D eigenvalue weighted by atomic mass is 9.75. The summed E-state index contributed by atoms with van der Waals surface area (Å²) in [6.45, 7) is 1.30. The van der Waals surface area contributed by atoms with Crippen LogP contribution in [0.25, 0.3) is 11.0 Å². The highest BCUT2D eigenvalue weighted by Gasteiger charge is 2.39. The van der Waals surface area contributed by atoms with Crippen molar-refractivity contribution in [3.05, 3.63) is 34.2 Å². The maximum Gasteiger partial charge on any atom is 0.323 e. The molecule has 2 N–H and O–H groups in total. The van der Waals surface area contributed by atoms with Crippen LogP contribution in [0.3, 0.4) is 0 Å². The highest BCUT2D eigenvalue weighted by Crippen LogP contribution is 2.37. The Bertz CT molecular complexity index is 673. The van der Waals surface area contributed by atoms with Gasteiger partial charge >= 0.3 is 5.69 Å². The van der Waals surface area contributed by atoms with E-state index in [1.807, 2.05) is 18.2 Å². The lowest BCUT2D eigenvalue weighted by molar-refractivity contribution is -0.0636. The predicted octanol–water partition coefficient (Wildman–Crippen LogP) is 1.43. The predicted molar refractivity (Wildman–Crippen MR) is 66.3 cm³/mol. The summed E-state index contributed by atoms with van der Waals surface area (Å²) >= 11 is 0. The third kappa shape index (κ3) is 1.62. The van der Waals surface area contributed by atoms with Gasteiger partial charge in [0, 0.05) is 11.8 Å². The quantitative estimate of drug-likeness (QED) is 0.855. The average molecular weight is 243 g/mol. The van der Waals surface area contributed by atoms with Crippen LogP contribution in [0.1, 0.15) is 18.4 Å². The lowest BCUT2D eigenvalue weighted by Crippen LogP contribution is -2.46. The zero-order valence-electron chi connectivity index (χ0n) is 9.82. The van der Waals surface area contributed by atoms with Gasteiger partial charge in [-0.05, 0) is 24.1 Å². The molecule has 0 aliphatic carbocycles. The van der Waals surface area contributed by atoms with Crippen molar-refractivity contribution in [1.29, 1.82) is 5.26 Å². The molecule has 1 aliphatic heterocycles. The van der Waals surface area contributed by atoms with E-state index in [1.165, 1.54) is 0 Å². The molecule has 2 aromatic rings. The number of rotatable bonds is 3. The zero-order chi connectivity index (χ0) is 12.6. The van der Waals surface area contributed by atoms with E-state index in [1.54, 1.807) is 0 Å². The molecular formula is C13H13N3O2. The summed E-state index contributed by atoms with van der Waals surface area (Å²) in [6.07, 6.45) is 1.31. The third-order valence-electron chi connectivity index (χ3n) is 3.60. The molecule has 1 aromatic heterocycles. The monoisotopic (exact) mass is 243 g/mol. The Balaban J connectivity index is 2.02. The van der Waals surface area contributed by atoms with E-state index in [-0.39, 0.29) is 11.1 Å². The molecule has 5 heteroatoms. The van der Waals surface area contributed by atoms with Gasteiger partial charge in [0.1, 0.15) is 0 Å². The van der Waals surface area contributed by atoms with Crippen LogP contribution >= 0.6 is 0 Å². The number of ether oxygens (including phenoxy) is 1. The van der Waals surface area contributed by atoms with Crippen LogP contribution in [0.15, 0.2) is 23.0 Å². The fourth-order valence-corrected chi connectivity index (χ4v) is 2.46. The Labute approximate surface area is 103 Å². The SMILES string of the molecule is N#CCCC1(c2ccc3[nH]c(=O)[nH]c3c2)COC1. The molecule has 0 bridgehead atoms. The van der Waals surface area contributed by atoms with Crippen molar-refractivity contribution in [3.63, 3.8) is 0 Å². The Hall–Kier alpha value is -2.06. The Kier molecular flexibility index (Phi) is 2.46. The van der Waals surface area contributed by atoms with Crippen molar-refractivity contribution < 1.29 is 4.74 Å². The first kappa shape index (κ1) is 11.1. The highest BCUT2D eigenvalue weighted by molar-refractivity contribution is 5.75. The average Bonchev–Trinajstić information content (AvgIpc) is 2.67. The van der Waals surface area contributed by atoms with E-state index in [2.05, 4.69) is 16.0 Å². The Morgan fingerprint density at radius 3 is 2.78 bits per heavy atom. The molecule has 0 amide bonds. The molecule has 0 radical (unpaired) electrons. The molecule has 1 aliphatic rings. The molecule has 0 atom stereocenters. The molecule has 1 saturated heterocycles. The van der Waals surface area contributed by atoms with Gasteiger partial charge in [0.25, 0.3) is 0 Å². The first-order chi connectivity index (χ1) is 8.73. The second kappa shape index (κ2) is 4.00. The number of nitrogens with zero attached hydrogens (tertiary/aromatic N) is 1. The van der Waals surface area contributed by atoms with E-state index >= 15 is 0 Å². The van der Waals surface area contributed by atoms with Crippen LogP contribution in [0.5, 0.6) is 0 Å². The number of hydrogen-bond donors (Lipinski definition) is 2. The number of aromatic amines is 2. The van der Waals surface area contributed by atoms with Gasteiger partial charge in [-0.15, -0.1) is 0 Å². The second-order valence-corrected chi connectivity index (χ2v) is 4.77. The largest absolute Gasteiger partial charge is 0.379 e. The molecule has 18 heavy (non-hydrogen) atoms. The summed E-state index contributed by atoms with van der Waals surface area (Å²) < 4.78 is 5.32. The van der Waals surface area contributed by atoms with Crippen LogP contribution in [0, 0.1) is 11.3 Å². The lowest BCUT2D eigenvalue weighted by Gasteiger charge is -2.41. The van der Waals surface area contributed by atoms with Crippen LogP contribution in [0.4, 0.5) is 0 Å². The van der Waals surface area contributed by atoms with Gasteiger partial charge < -0.3 is 14.7 Å². The van der Waals surface area contributed by atoms with E-state index < -0.39 is 0 Å². The molecule has 5 nitrogen and oxygen atoms in total. The number of aromatic nitrogens is 2. The van der Waals surface area contributed by atoms with Crippen molar-refractivity contribution in [3.8, 4) is 6.07 Å². The van der Waals surface area contributed by atoms with Gasteiger partial charge in [-0.3, -0.25) is 0 Å². The minimum atomic E-state index is -0.196. The summed E-state index contributed by atoms with van der Waals surface area (Å²) in [6, 6.07) is 8.07. The molecular weight excluding hydrogens is 230 g/mol. The fourth-order valence-electron chi connectivity index (χ4n) is 2.46. The van der Waals surface area contributed by atoms with Crippen LogP contribution in [-0.4, -0.2) is 23.2 Å². The minimum absolute atomic E-state index is 0.0575. The van der Waals surface area contributed by atoms with Gasteiger partial charge in [-0.25, -0.2) is 4.79 Å². The number of fused-ring (bicyclic) bond motifs is 1. The highest BCUT2D eigenvalue weighted by atomic mass is 16.5. The van der Waals surface area contributed by atoms with Gasteiger partial charge in [-0.1, -0.05) is 6.07 Å². The molecule has 1 aromatic carbocycles. The number of nitrogens with one attached hydrogen (secondary N) is 2. The molecule has 0 unspecified atom stereocenters. The van der Waals surface area contributed by atoms with Crippen molar-refractivity contribution in [2.45, 2.75) is 18.3 Å². The van der Waals surface area contributed by atoms with E-state index in [0.29, 0.717) is 19.6 Å². The number of hydrogen-bond acceptors (Lipinski definition) is 3. The summed E-state index contributed by atoms with van der Waals surface area (Å²) in [5, 5.41) is 8.73. The maximum absolute atomic E-state index is 11.2. The van der Waals surface area contributed by atoms with Crippen LogP contribution in [0.2, 0.25) is 0 Å². The number of nitriles is 1. The van der Waals surface area contributed by atoms with Gasteiger partial charge in [0.2, 0.25) is 0 Å². The van der Waals surface area contributed by atoms with E-state index in [9.17, 15) is 4.79 Å². The number of benzene rings is 1. The Morgan fingerprint density at radius 2 is 2.11 bits per heavy atom.